The van der Waals surface area contributed by atoms with Crippen molar-refractivity contribution in [1.29, 1.82) is 0 Å². The molecule has 4 rings (SSSR count). The minimum absolute atomic E-state index is 0.0659. The van der Waals surface area contributed by atoms with Gasteiger partial charge in [-0.05, 0) is 50.5 Å². The fourth-order valence-electron chi connectivity index (χ4n) is 4.11. The Morgan fingerprint density at radius 1 is 1.07 bits per heavy atom. The van der Waals surface area contributed by atoms with Crippen LogP contribution in [0, 0.1) is 12.8 Å². The summed E-state index contributed by atoms with van der Waals surface area (Å²) in [6, 6.07) is 15.9. The van der Waals surface area contributed by atoms with Crippen LogP contribution in [0.3, 0.4) is 0 Å². The molecule has 0 radical (unpaired) electrons. The Hall–Kier alpha value is -1.21. The molecule has 28 heavy (non-hydrogen) atoms. The van der Waals surface area contributed by atoms with Crippen molar-refractivity contribution in [1.82, 2.24) is 4.31 Å². The molecule has 1 heterocycles. The summed E-state index contributed by atoms with van der Waals surface area (Å²) in [6.45, 7) is 1.87. The molecule has 148 valence electrons. The maximum atomic E-state index is 13.6. The predicted molar refractivity (Wildman–Crippen MR) is 112 cm³/mol. The predicted octanol–water partition coefficient (Wildman–Crippen LogP) is 4.99. The largest absolute Gasteiger partial charge is 0.274 e. The van der Waals surface area contributed by atoms with Crippen LogP contribution in [0.4, 0.5) is 0 Å². The van der Waals surface area contributed by atoms with E-state index in [-0.39, 0.29) is 4.90 Å². The van der Waals surface area contributed by atoms with Crippen LogP contribution in [0.25, 0.3) is 0 Å². The second kappa shape index (κ2) is 6.94. The summed E-state index contributed by atoms with van der Waals surface area (Å²) in [5.41, 5.74) is 0.933. The van der Waals surface area contributed by atoms with Crippen LogP contribution in [0.5, 0.6) is 0 Å². The molecule has 0 bridgehead atoms. The number of fused-ring (bicyclic) bond motifs is 1. The van der Waals surface area contributed by atoms with E-state index in [1.165, 1.54) is 23.9 Å². The van der Waals surface area contributed by atoms with Crippen molar-refractivity contribution in [2.45, 2.75) is 45.2 Å². The maximum Gasteiger partial charge on any atom is 0.274 e. The van der Waals surface area contributed by atoms with Crippen LogP contribution >= 0.6 is 35.0 Å². The van der Waals surface area contributed by atoms with E-state index in [0.29, 0.717) is 12.8 Å². The Kier molecular flexibility index (Phi) is 4.98. The van der Waals surface area contributed by atoms with Gasteiger partial charge in [-0.15, -0.1) is 0 Å². The molecule has 1 saturated carbocycles. The number of carbonyl (C=O) groups is 1. The van der Waals surface area contributed by atoms with Gasteiger partial charge in [-0.2, -0.15) is 0 Å². The van der Waals surface area contributed by atoms with E-state index in [9.17, 15) is 13.2 Å². The zero-order valence-corrected chi connectivity index (χ0v) is 18.3. The quantitative estimate of drug-likeness (QED) is 0.609. The van der Waals surface area contributed by atoms with Crippen LogP contribution < -0.4 is 0 Å². The van der Waals surface area contributed by atoms with Gasteiger partial charge in [0, 0.05) is 10.8 Å². The summed E-state index contributed by atoms with van der Waals surface area (Å²) >= 11 is 14.3. The highest BCUT2D eigenvalue weighted by Crippen LogP contribution is 2.63. The number of thioether (sulfide) groups is 1. The van der Waals surface area contributed by atoms with E-state index in [2.05, 4.69) is 0 Å². The molecule has 2 fully saturated rings. The minimum atomic E-state index is -4.11. The molecule has 2 aromatic rings. The summed E-state index contributed by atoms with van der Waals surface area (Å²) in [4.78, 5) is 13.1. The lowest BCUT2D eigenvalue weighted by atomic mass is 10.0. The third kappa shape index (κ3) is 2.96. The third-order valence-electron chi connectivity index (χ3n) is 5.42. The lowest BCUT2D eigenvalue weighted by Gasteiger charge is -2.36. The molecular weight excluding hydrogens is 437 g/mol. The number of hydrogen-bond donors (Lipinski definition) is 0. The number of benzene rings is 2. The van der Waals surface area contributed by atoms with Crippen LogP contribution in [0.1, 0.15) is 24.8 Å². The van der Waals surface area contributed by atoms with E-state index in [1.54, 1.807) is 12.1 Å². The van der Waals surface area contributed by atoms with E-state index in [4.69, 9.17) is 23.2 Å². The monoisotopic (exact) mass is 455 g/mol. The molecular formula is C20H19Cl2NO3S2. The number of aryl methyl sites for hydroxylation is 1. The molecule has 1 aliphatic heterocycles. The molecule has 1 aliphatic carbocycles. The van der Waals surface area contributed by atoms with Gasteiger partial charge < -0.3 is 0 Å². The molecule has 1 saturated heterocycles. The Labute approximate surface area is 179 Å². The van der Waals surface area contributed by atoms with E-state index in [0.717, 1.165) is 21.2 Å². The molecule has 0 N–H and O–H groups in total. The number of halogens is 2. The topological polar surface area (TPSA) is 54.5 Å². The number of nitrogens with zero attached hydrogens (tertiary/aromatic N) is 1. The Morgan fingerprint density at radius 2 is 1.71 bits per heavy atom. The molecule has 0 spiro atoms. The summed E-state index contributed by atoms with van der Waals surface area (Å²) in [5, 5.41) is 0. The van der Waals surface area contributed by atoms with Gasteiger partial charge in [0.25, 0.3) is 15.9 Å². The average molecular weight is 456 g/mol. The van der Waals surface area contributed by atoms with Crippen LogP contribution in [-0.4, -0.2) is 27.8 Å². The smallest absolute Gasteiger partial charge is 0.270 e. The summed E-state index contributed by atoms with van der Waals surface area (Å²) in [5.74, 6) is -1.24. The van der Waals surface area contributed by atoms with Crippen LogP contribution in [-0.2, 0) is 14.8 Å². The number of rotatable bonds is 4. The third-order valence-corrected chi connectivity index (χ3v) is 9.76. The highest BCUT2D eigenvalue weighted by Gasteiger charge is 2.71. The van der Waals surface area contributed by atoms with Crippen molar-refractivity contribution in [2.24, 2.45) is 5.92 Å². The first-order chi connectivity index (χ1) is 13.2. The maximum absolute atomic E-state index is 13.6. The van der Waals surface area contributed by atoms with Crippen LogP contribution in [0.2, 0.25) is 0 Å². The van der Waals surface area contributed by atoms with Crippen molar-refractivity contribution >= 4 is 50.9 Å². The van der Waals surface area contributed by atoms with Gasteiger partial charge in [0.05, 0.1) is 4.90 Å². The molecule has 4 nitrogen and oxygen atoms in total. The number of carbonyl (C=O) groups excluding carboxylic acids is 1. The lowest BCUT2D eigenvalue weighted by molar-refractivity contribution is -0.125. The second-order valence-electron chi connectivity index (χ2n) is 7.22. The minimum Gasteiger partial charge on any atom is -0.270 e. The van der Waals surface area contributed by atoms with Crippen molar-refractivity contribution < 1.29 is 13.2 Å². The van der Waals surface area contributed by atoms with E-state index < -0.39 is 31.1 Å². The first-order valence-electron chi connectivity index (χ1n) is 8.98. The van der Waals surface area contributed by atoms with Gasteiger partial charge >= 0.3 is 0 Å². The molecule has 1 amide bonds. The number of sulfonamides is 1. The van der Waals surface area contributed by atoms with Gasteiger partial charge in [-0.1, -0.05) is 70.9 Å². The average Bonchev–Trinajstić information content (AvgIpc) is 3.13. The first-order valence-corrected chi connectivity index (χ1v) is 12.0. The van der Waals surface area contributed by atoms with Gasteiger partial charge in [0.15, 0.2) is 0 Å². The molecule has 2 aromatic carbocycles. The molecule has 2 aliphatic rings. The Balaban J connectivity index is 1.87. The van der Waals surface area contributed by atoms with Crippen LogP contribution in [0.15, 0.2) is 64.4 Å². The number of alkyl halides is 2. The zero-order valence-electron chi connectivity index (χ0n) is 15.1. The zero-order chi connectivity index (χ0) is 20.2. The Morgan fingerprint density at radius 3 is 2.36 bits per heavy atom. The highest BCUT2D eigenvalue weighted by atomic mass is 35.5. The standard InChI is InChI=1S/C20H19Cl2NO3S2/c1-14-9-11-16(12-10-14)28(25,26)23-18(24)20(21,22)17-8-5-13-19(17,23)27-15-6-3-2-4-7-15/h2-4,6-7,9-12,17H,5,8,13H2,1H3/t17-,19-/m0/s1. The van der Waals surface area contributed by atoms with Gasteiger partial charge in [-0.3, -0.25) is 4.79 Å². The van der Waals surface area contributed by atoms with Gasteiger partial charge in [0.2, 0.25) is 4.33 Å². The van der Waals surface area contributed by atoms with Gasteiger partial charge in [-0.25, -0.2) is 12.7 Å². The Bertz CT molecular complexity index is 1010. The second-order valence-corrected chi connectivity index (χ2v) is 11.8. The molecule has 2 atom stereocenters. The summed E-state index contributed by atoms with van der Waals surface area (Å²) < 4.78 is 26.3. The SMILES string of the molecule is Cc1ccc(S(=O)(=O)N2C(=O)C(Cl)(Cl)[C@H]3CCC[C@]32Sc2ccccc2)cc1. The van der Waals surface area contributed by atoms with Crippen molar-refractivity contribution in [3.8, 4) is 0 Å². The van der Waals surface area contributed by atoms with E-state index in [1.807, 2.05) is 37.3 Å². The first kappa shape index (κ1) is 20.1. The number of amides is 1. The molecule has 0 aromatic heterocycles. The summed E-state index contributed by atoms with van der Waals surface area (Å²) in [7, 11) is -4.11. The number of hydrogen-bond acceptors (Lipinski definition) is 4. The fraction of sp³-hybridized carbons (Fsp3) is 0.350. The molecule has 0 unspecified atom stereocenters. The normalized spacial score (nSPS) is 26.5. The van der Waals surface area contributed by atoms with Crippen molar-refractivity contribution in [3.63, 3.8) is 0 Å². The highest BCUT2D eigenvalue weighted by molar-refractivity contribution is 8.01. The summed E-state index contributed by atoms with van der Waals surface area (Å²) in [6.07, 6.45) is 1.85. The van der Waals surface area contributed by atoms with Crippen molar-refractivity contribution in [3.05, 3.63) is 60.2 Å². The molecule has 8 heteroatoms. The fourth-order valence-corrected chi connectivity index (χ4v) is 8.72. The lowest BCUT2D eigenvalue weighted by Crippen LogP contribution is -2.47. The van der Waals surface area contributed by atoms with E-state index >= 15 is 0 Å². The van der Waals surface area contributed by atoms with Crippen molar-refractivity contribution in [2.75, 3.05) is 0 Å². The van der Waals surface area contributed by atoms with Gasteiger partial charge in [0.1, 0.15) is 4.87 Å².